The van der Waals surface area contributed by atoms with E-state index in [0.29, 0.717) is 29.4 Å². The van der Waals surface area contributed by atoms with Gasteiger partial charge in [-0.15, -0.1) is 0 Å². The fourth-order valence-corrected chi connectivity index (χ4v) is 3.90. The summed E-state index contributed by atoms with van der Waals surface area (Å²) in [4.78, 5) is 14.2. The summed E-state index contributed by atoms with van der Waals surface area (Å²) in [5.41, 5.74) is 3.59. The average molecular weight is 421 g/mol. The lowest BCUT2D eigenvalue weighted by atomic mass is 10.0. The van der Waals surface area contributed by atoms with E-state index in [9.17, 15) is 4.79 Å². The van der Waals surface area contributed by atoms with E-state index in [1.54, 1.807) is 6.92 Å². The predicted octanol–water partition coefficient (Wildman–Crippen LogP) is 5.18. The van der Waals surface area contributed by atoms with Crippen molar-refractivity contribution in [3.8, 4) is 5.75 Å². The molecule has 0 spiro atoms. The zero-order valence-electron chi connectivity index (χ0n) is 13.7. The second-order valence-corrected chi connectivity index (χ2v) is 7.45. The molecular formula is C19H15BrClNO3. The third-order valence-electron chi connectivity index (χ3n) is 4.66. The summed E-state index contributed by atoms with van der Waals surface area (Å²) in [5.74, 6) is 0.739. The van der Waals surface area contributed by atoms with Crippen LogP contribution >= 0.6 is 27.5 Å². The number of fused-ring (bicyclic) bond motifs is 3. The van der Waals surface area contributed by atoms with Crippen molar-refractivity contribution in [2.75, 3.05) is 11.6 Å². The third-order valence-corrected chi connectivity index (χ3v) is 5.46. The van der Waals surface area contributed by atoms with Gasteiger partial charge in [0.25, 0.3) is 0 Å². The summed E-state index contributed by atoms with van der Waals surface area (Å²) in [6.45, 7) is 4.66. The molecule has 0 amide bonds. The van der Waals surface area contributed by atoms with E-state index in [1.165, 1.54) is 0 Å². The Morgan fingerprint density at radius 2 is 1.96 bits per heavy atom. The molecule has 2 heterocycles. The molecular weight excluding hydrogens is 406 g/mol. The number of hydrogen-bond donors (Lipinski definition) is 0. The van der Waals surface area contributed by atoms with Crippen LogP contribution in [0.3, 0.4) is 0 Å². The number of hydrogen-bond acceptors (Lipinski definition) is 4. The Hall–Kier alpha value is -1.98. The van der Waals surface area contributed by atoms with E-state index >= 15 is 0 Å². The lowest BCUT2D eigenvalue weighted by Gasteiger charge is -2.31. The van der Waals surface area contributed by atoms with Gasteiger partial charge in [-0.1, -0.05) is 27.5 Å². The van der Waals surface area contributed by atoms with Gasteiger partial charge in [0, 0.05) is 15.4 Å². The summed E-state index contributed by atoms with van der Waals surface area (Å²) in [6, 6.07) is 9.61. The molecule has 6 heteroatoms. The third kappa shape index (κ3) is 2.71. The van der Waals surface area contributed by atoms with Gasteiger partial charge in [-0.2, -0.15) is 0 Å². The van der Waals surface area contributed by atoms with Crippen molar-refractivity contribution >= 4 is 44.2 Å². The summed E-state index contributed by atoms with van der Waals surface area (Å²) >= 11 is 9.80. The maximum atomic E-state index is 12.1. The summed E-state index contributed by atoms with van der Waals surface area (Å²) in [6.07, 6.45) is 0. The Bertz CT molecular complexity index is 1060. The van der Waals surface area contributed by atoms with Crippen molar-refractivity contribution in [1.82, 2.24) is 0 Å². The number of benzene rings is 2. The minimum absolute atomic E-state index is 0.308. The van der Waals surface area contributed by atoms with Crippen molar-refractivity contribution in [1.29, 1.82) is 0 Å². The molecule has 0 saturated carbocycles. The standard InChI is InChI=1S/C19H15BrClNO3/c1-10-11(2)19(23)25-18-13(10)4-6-17-14(18)8-22(9-24-17)16-5-3-12(20)7-15(16)21/h3-7H,8-9H2,1-2H3. The Morgan fingerprint density at radius 1 is 1.16 bits per heavy atom. The van der Waals surface area contributed by atoms with Crippen LogP contribution < -0.4 is 15.3 Å². The first-order valence-electron chi connectivity index (χ1n) is 7.84. The molecule has 128 valence electrons. The van der Waals surface area contributed by atoms with Gasteiger partial charge in [-0.3, -0.25) is 0 Å². The van der Waals surface area contributed by atoms with Crippen LogP contribution in [0.1, 0.15) is 16.7 Å². The molecule has 4 rings (SSSR count). The molecule has 0 aliphatic carbocycles. The van der Waals surface area contributed by atoms with Gasteiger partial charge in [-0.05, 0) is 49.7 Å². The zero-order valence-corrected chi connectivity index (χ0v) is 16.1. The van der Waals surface area contributed by atoms with E-state index in [2.05, 4.69) is 15.9 Å². The first-order valence-corrected chi connectivity index (χ1v) is 9.01. The molecule has 0 saturated heterocycles. The average Bonchev–Trinajstić information content (AvgIpc) is 2.59. The Morgan fingerprint density at radius 3 is 2.72 bits per heavy atom. The van der Waals surface area contributed by atoms with Gasteiger partial charge < -0.3 is 14.1 Å². The van der Waals surface area contributed by atoms with E-state index in [4.69, 9.17) is 20.8 Å². The highest BCUT2D eigenvalue weighted by Crippen LogP contribution is 2.37. The SMILES string of the molecule is Cc1c(C)c2ccc3c(c2oc1=O)CN(c1ccc(Br)cc1Cl)CO3. The maximum Gasteiger partial charge on any atom is 0.339 e. The summed E-state index contributed by atoms with van der Waals surface area (Å²) in [5, 5.41) is 1.57. The minimum atomic E-state index is -0.308. The van der Waals surface area contributed by atoms with E-state index in [0.717, 1.165) is 32.4 Å². The first-order chi connectivity index (χ1) is 12.0. The monoisotopic (exact) mass is 419 g/mol. The molecule has 1 aliphatic rings. The molecule has 2 aromatic carbocycles. The highest BCUT2D eigenvalue weighted by atomic mass is 79.9. The van der Waals surface area contributed by atoms with Gasteiger partial charge in [0.2, 0.25) is 0 Å². The molecule has 0 unspecified atom stereocenters. The molecule has 4 nitrogen and oxygen atoms in total. The number of rotatable bonds is 1. The number of halogens is 2. The van der Waals surface area contributed by atoms with Gasteiger partial charge in [-0.25, -0.2) is 4.79 Å². The van der Waals surface area contributed by atoms with Crippen LogP contribution in [0.5, 0.6) is 5.75 Å². The lowest BCUT2D eigenvalue weighted by Crippen LogP contribution is -2.32. The second-order valence-electron chi connectivity index (χ2n) is 6.13. The second kappa shape index (κ2) is 6.07. The van der Waals surface area contributed by atoms with Crippen molar-refractivity contribution in [3.05, 3.63) is 66.9 Å². The zero-order chi connectivity index (χ0) is 17.7. The molecule has 0 N–H and O–H groups in total. The van der Waals surface area contributed by atoms with Crippen LogP contribution in [-0.2, 0) is 6.54 Å². The maximum absolute atomic E-state index is 12.1. The molecule has 1 aromatic heterocycles. The van der Waals surface area contributed by atoms with Crippen LogP contribution in [0.2, 0.25) is 5.02 Å². The van der Waals surface area contributed by atoms with Gasteiger partial charge in [0.05, 0.1) is 22.8 Å². The number of ether oxygens (including phenoxy) is 1. The van der Waals surface area contributed by atoms with Crippen molar-refractivity contribution in [3.63, 3.8) is 0 Å². The summed E-state index contributed by atoms with van der Waals surface area (Å²) in [7, 11) is 0. The number of aryl methyl sites for hydroxylation is 1. The quantitative estimate of drug-likeness (QED) is 0.509. The van der Waals surface area contributed by atoms with Crippen LogP contribution in [0, 0.1) is 13.8 Å². The molecule has 0 fully saturated rings. The Kier molecular flexibility index (Phi) is 4.01. The van der Waals surface area contributed by atoms with Crippen molar-refractivity contribution < 1.29 is 9.15 Å². The Labute approximate surface area is 158 Å². The van der Waals surface area contributed by atoms with Crippen molar-refractivity contribution in [2.24, 2.45) is 0 Å². The van der Waals surface area contributed by atoms with Gasteiger partial charge in [0.1, 0.15) is 11.3 Å². The highest BCUT2D eigenvalue weighted by molar-refractivity contribution is 9.10. The molecule has 0 atom stereocenters. The minimum Gasteiger partial charge on any atom is -0.473 e. The lowest BCUT2D eigenvalue weighted by molar-refractivity contribution is 0.289. The van der Waals surface area contributed by atoms with E-state index < -0.39 is 0 Å². The Balaban J connectivity index is 1.86. The molecule has 25 heavy (non-hydrogen) atoms. The van der Waals surface area contributed by atoms with E-state index in [-0.39, 0.29) is 5.63 Å². The molecule has 0 bridgehead atoms. The summed E-state index contributed by atoms with van der Waals surface area (Å²) < 4.78 is 12.4. The first kappa shape index (κ1) is 16.5. The topological polar surface area (TPSA) is 42.7 Å². The fraction of sp³-hybridized carbons (Fsp3) is 0.211. The van der Waals surface area contributed by atoms with E-state index in [1.807, 2.05) is 42.2 Å². The molecule has 0 radical (unpaired) electrons. The van der Waals surface area contributed by atoms with Gasteiger partial charge >= 0.3 is 5.63 Å². The molecule has 3 aromatic rings. The largest absolute Gasteiger partial charge is 0.473 e. The highest BCUT2D eigenvalue weighted by Gasteiger charge is 2.24. The smallest absolute Gasteiger partial charge is 0.339 e. The predicted molar refractivity (Wildman–Crippen MR) is 103 cm³/mol. The van der Waals surface area contributed by atoms with Gasteiger partial charge in [0.15, 0.2) is 6.73 Å². The van der Waals surface area contributed by atoms with Crippen molar-refractivity contribution in [2.45, 2.75) is 20.4 Å². The van der Waals surface area contributed by atoms with Crippen LogP contribution in [0.4, 0.5) is 5.69 Å². The normalized spacial score (nSPS) is 13.7. The number of anilines is 1. The van der Waals surface area contributed by atoms with Crippen LogP contribution in [0.15, 0.2) is 44.0 Å². The fourth-order valence-electron chi connectivity index (χ4n) is 3.11. The molecule has 1 aliphatic heterocycles. The van der Waals surface area contributed by atoms with Crippen LogP contribution in [-0.4, -0.2) is 6.73 Å². The number of nitrogens with zero attached hydrogens (tertiary/aromatic N) is 1. The van der Waals surface area contributed by atoms with Crippen LogP contribution in [0.25, 0.3) is 11.0 Å².